The van der Waals surface area contributed by atoms with Crippen molar-refractivity contribution in [2.24, 2.45) is 0 Å². The SMILES string of the molecule is C[C@@H](NC(=O)c1ccc(S(=O)(=O)N2CCCC2)cc1)c1cccc(Cl)c1. The Bertz CT molecular complexity index is 891. The van der Waals surface area contributed by atoms with Gasteiger partial charge in [0.15, 0.2) is 0 Å². The van der Waals surface area contributed by atoms with E-state index in [0.717, 1.165) is 18.4 Å². The fourth-order valence-corrected chi connectivity index (χ4v) is 4.71. The molecule has 0 spiro atoms. The van der Waals surface area contributed by atoms with Crippen LogP contribution in [0.4, 0.5) is 0 Å². The summed E-state index contributed by atoms with van der Waals surface area (Å²) >= 11 is 5.98. The molecule has 26 heavy (non-hydrogen) atoms. The molecule has 7 heteroatoms. The molecule has 1 saturated heterocycles. The molecule has 1 atom stereocenters. The molecule has 2 aromatic rings. The maximum Gasteiger partial charge on any atom is 0.251 e. The van der Waals surface area contributed by atoms with Crippen LogP contribution >= 0.6 is 11.6 Å². The molecule has 1 heterocycles. The Hall–Kier alpha value is -1.89. The summed E-state index contributed by atoms with van der Waals surface area (Å²) in [7, 11) is -3.47. The first-order chi connectivity index (χ1) is 12.4. The molecule has 1 amide bonds. The number of carbonyl (C=O) groups excluding carboxylic acids is 1. The minimum Gasteiger partial charge on any atom is -0.346 e. The lowest BCUT2D eigenvalue weighted by Crippen LogP contribution is -2.28. The second-order valence-electron chi connectivity index (χ2n) is 6.39. The lowest BCUT2D eigenvalue weighted by Gasteiger charge is -2.16. The van der Waals surface area contributed by atoms with E-state index in [2.05, 4.69) is 5.32 Å². The van der Waals surface area contributed by atoms with E-state index < -0.39 is 10.0 Å². The number of amides is 1. The topological polar surface area (TPSA) is 66.5 Å². The van der Waals surface area contributed by atoms with Gasteiger partial charge in [-0.2, -0.15) is 4.31 Å². The van der Waals surface area contributed by atoms with Crippen LogP contribution in [0.5, 0.6) is 0 Å². The summed E-state index contributed by atoms with van der Waals surface area (Å²) in [5.41, 5.74) is 1.32. The Morgan fingerprint density at radius 2 is 1.77 bits per heavy atom. The largest absolute Gasteiger partial charge is 0.346 e. The van der Waals surface area contributed by atoms with E-state index in [-0.39, 0.29) is 16.8 Å². The molecule has 0 saturated carbocycles. The lowest BCUT2D eigenvalue weighted by atomic mass is 10.1. The van der Waals surface area contributed by atoms with Crippen LogP contribution in [-0.2, 0) is 10.0 Å². The van der Waals surface area contributed by atoms with Crippen LogP contribution in [0.15, 0.2) is 53.4 Å². The number of sulfonamides is 1. The highest BCUT2D eigenvalue weighted by molar-refractivity contribution is 7.89. The molecule has 3 rings (SSSR count). The van der Waals surface area contributed by atoms with Crippen LogP contribution in [0, 0.1) is 0 Å². The lowest BCUT2D eigenvalue weighted by molar-refractivity contribution is 0.0940. The molecule has 0 radical (unpaired) electrons. The maximum absolute atomic E-state index is 12.5. The van der Waals surface area contributed by atoms with Crippen molar-refractivity contribution in [2.45, 2.75) is 30.7 Å². The van der Waals surface area contributed by atoms with Crippen molar-refractivity contribution in [3.05, 3.63) is 64.7 Å². The van der Waals surface area contributed by atoms with E-state index in [1.165, 1.54) is 16.4 Å². The van der Waals surface area contributed by atoms with Gasteiger partial charge in [-0.3, -0.25) is 4.79 Å². The predicted molar refractivity (Wildman–Crippen MR) is 102 cm³/mol. The highest BCUT2D eigenvalue weighted by atomic mass is 35.5. The number of hydrogen-bond donors (Lipinski definition) is 1. The average molecular weight is 393 g/mol. The van der Waals surface area contributed by atoms with Crippen molar-refractivity contribution in [3.63, 3.8) is 0 Å². The summed E-state index contributed by atoms with van der Waals surface area (Å²) in [5, 5.41) is 3.51. The zero-order valence-electron chi connectivity index (χ0n) is 14.5. The molecule has 0 aliphatic carbocycles. The number of halogens is 1. The second-order valence-corrected chi connectivity index (χ2v) is 8.76. The van der Waals surface area contributed by atoms with Crippen molar-refractivity contribution >= 4 is 27.5 Å². The van der Waals surface area contributed by atoms with Crippen molar-refractivity contribution in [1.82, 2.24) is 9.62 Å². The van der Waals surface area contributed by atoms with Gasteiger partial charge in [-0.1, -0.05) is 23.7 Å². The summed E-state index contributed by atoms with van der Waals surface area (Å²) in [5.74, 6) is -0.261. The molecule has 1 aliphatic rings. The van der Waals surface area contributed by atoms with Crippen molar-refractivity contribution < 1.29 is 13.2 Å². The standard InChI is InChI=1S/C19H21ClN2O3S/c1-14(16-5-4-6-17(20)13-16)21-19(23)15-7-9-18(10-8-15)26(24,25)22-11-2-3-12-22/h4-10,13-14H,2-3,11-12H2,1H3,(H,21,23)/t14-/m1/s1. The minimum absolute atomic E-state index is 0.214. The van der Waals surface area contributed by atoms with Crippen LogP contribution in [0.25, 0.3) is 0 Å². The number of hydrogen-bond acceptors (Lipinski definition) is 3. The van der Waals surface area contributed by atoms with E-state index in [0.29, 0.717) is 23.7 Å². The van der Waals surface area contributed by atoms with Crippen LogP contribution in [0.1, 0.15) is 41.7 Å². The molecule has 1 aliphatic heterocycles. The molecule has 0 bridgehead atoms. The normalized spacial score (nSPS) is 16.4. The molecule has 0 aromatic heterocycles. The van der Waals surface area contributed by atoms with Crippen molar-refractivity contribution in [2.75, 3.05) is 13.1 Å². The number of carbonyl (C=O) groups is 1. The fraction of sp³-hybridized carbons (Fsp3) is 0.316. The molecule has 1 fully saturated rings. The Morgan fingerprint density at radius 3 is 2.38 bits per heavy atom. The van der Waals surface area contributed by atoms with E-state index in [4.69, 9.17) is 11.6 Å². The second kappa shape index (κ2) is 7.78. The third kappa shape index (κ3) is 4.09. The Morgan fingerprint density at radius 1 is 1.12 bits per heavy atom. The van der Waals surface area contributed by atoms with E-state index in [1.807, 2.05) is 19.1 Å². The first-order valence-electron chi connectivity index (χ1n) is 8.54. The fourth-order valence-electron chi connectivity index (χ4n) is 3.00. The number of nitrogens with zero attached hydrogens (tertiary/aromatic N) is 1. The zero-order chi connectivity index (χ0) is 18.7. The predicted octanol–water partition coefficient (Wildman–Crippen LogP) is 3.62. The summed E-state index contributed by atoms with van der Waals surface area (Å²) in [6, 6.07) is 13.2. The van der Waals surface area contributed by atoms with Gasteiger partial charge in [-0.15, -0.1) is 0 Å². The number of benzene rings is 2. The molecule has 2 aromatic carbocycles. The van der Waals surface area contributed by atoms with Crippen molar-refractivity contribution in [1.29, 1.82) is 0 Å². The Kier molecular flexibility index (Phi) is 5.65. The van der Waals surface area contributed by atoms with Gasteiger partial charge in [-0.05, 0) is 61.7 Å². The third-order valence-electron chi connectivity index (χ3n) is 4.52. The summed E-state index contributed by atoms with van der Waals surface area (Å²) < 4.78 is 26.5. The van der Waals surface area contributed by atoms with Crippen LogP contribution in [0.2, 0.25) is 5.02 Å². The Balaban J connectivity index is 1.71. The van der Waals surface area contributed by atoms with Gasteiger partial charge in [0.25, 0.3) is 5.91 Å². The molecule has 1 N–H and O–H groups in total. The molecular weight excluding hydrogens is 372 g/mol. The van der Waals surface area contributed by atoms with Crippen LogP contribution < -0.4 is 5.32 Å². The smallest absolute Gasteiger partial charge is 0.251 e. The molecule has 138 valence electrons. The van der Waals surface area contributed by atoms with Crippen LogP contribution in [0.3, 0.4) is 0 Å². The number of nitrogens with one attached hydrogen (secondary N) is 1. The van der Waals surface area contributed by atoms with Gasteiger partial charge in [0, 0.05) is 23.7 Å². The first-order valence-corrected chi connectivity index (χ1v) is 10.4. The van der Waals surface area contributed by atoms with Gasteiger partial charge in [0.2, 0.25) is 10.0 Å². The summed E-state index contributed by atoms with van der Waals surface area (Å²) in [4.78, 5) is 12.6. The minimum atomic E-state index is -3.47. The summed E-state index contributed by atoms with van der Waals surface area (Å²) in [6.07, 6.45) is 1.78. The maximum atomic E-state index is 12.5. The average Bonchev–Trinajstić information content (AvgIpc) is 3.17. The molecule has 5 nitrogen and oxygen atoms in total. The molecular formula is C19H21ClN2O3S. The Labute approximate surface area is 159 Å². The highest BCUT2D eigenvalue weighted by Gasteiger charge is 2.27. The first kappa shape index (κ1) is 18.9. The van der Waals surface area contributed by atoms with Crippen molar-refractivity contribution in [3.8, 4) is 0 Å². The molecule has 0 unspecified atom stereocenters. The van der Waals surface area contributed by atoms with E-state index in [9.17, 15) is 13.2 Å². The monoisotopic (exact) mass is 392 g/mol. The van der Waals surface area contributed by atoms with E-state index >= 15 is 0 Å². The van der Waals surface area contributed by atoms with Gasteiger partial charge in [-0.25, -0.2) is 8.42 Å². The quantitative estimate of drug-likeness (QED) is 0.845. The van der Waals surface area contributed by atoms with Gasteiger partial charge < -0.3 is 5.32 Å². The summed E-state index contributed by atoms with van der Waals surface area (Å²) in [6.45, 7) is 2.99. The van der Waals surface area contributed by atoms with Gasteiger partial charge in [0.05, 0.1) is 10.9 Å². The van der Waals surface area contributed by atoms with Crippen LogP contribution in [-0.4, -0.2) is 31.7 Å². The van der Waals surface area contributed by atoms with Gasteiger partial charge >= 0.3 is 0 Å². The highest BCUT2D eigenvalue weighted by Crippen LogP contribution is 2.22. The number of rotatable bonds is 5. The van der Waals surface area contributed by atoms with E-state index in [1.54, 1.807) is 24.3 Å². The zero-order valence-corrected chi connectivity index (χ0v) is 16.1. The van der Waals surface area contributed by atoms with Gasteiger partial charge in [0.1, 0.15) is 0 Å². The third-order valence-corrected chi connectivity index (χ3v) is 6.66.